The van der Waals surface area contributed by atoms with Gasteiger partial charge in [0, 0.05) is 6.61 Å². The van der Waals surface area contributed by atoms with Gasteiger partial charge in [0.25, 0.3) is 0 Å². The number of hydrogen-bond donors (Lipinski definition) is 1. The minimum absolute atomic E-state index is 0.204. The Morgan fingerprint density at radius 3 is 2.73 bits per heavy atom. The third-order valence-electron chi connectivity index (χ3n) is 2.88. The summed E-state index contributed by atoms with van der Waals surface area (Å²) in [6.45, 7) is 6.68. The van der Waals surface area contributed by atoms with Crippen molar-refractivity contribution >= 4 is 0 Å². The SMILES string of the molecule is CCCO[C@H]1C=CO[C@@H](C)[C@@]1(O)CCC. The second-order valence-corrected chi connectivity index (χ2v) is 4.14. The second-order valence-electron chi connectivity index (χ2n) is 4.14. The standard InChI is InChI=1S/C12H22O3/c1-4-7-12(13)10(3)14-9-6-11(12)15-8-5-2/h6,9-11,13H,4-5,7-8H2,1-3H3/t10-,11-,12-/m0/s1. The van der Waals surface area contributed by atoms with Crippen LogP contribution in [-0.4, -0.2) is 29.5 Å². The summed E-state index contributed by atoms with van der Waals surface area (Å²) in [5.74, 6) is 0. The summed E-state index contributed by atoms with van der Waals surface area (Å²) in [6.07, 6.45) is 5.59. The fraction of sp³-hybridized carbons (Fsp3) is 0.833. The van der Waals surface area contributed by atoms with Crippen LogP contribution in [0.3, 0.4) is 0 Å². The fourth-order valence-corrected chi connectivity index (χ4v) is 1.94. The monoisotopic (exact) mass is 214 g/mol. The Morgan fingerprint density at radius 1 is 1.40 bits per heavy atom. The molecule has 0 spiro atoms. The fourth-order valence-electron chi connectivity index (χ4n) is 1.94. The molecule has 0 amide bonds. The second kappa shape index (κ2) is 5.52. The van der Waals surface area contributed by atoms with E-state index in [0.29, 0.717) is 13.0 Å². The summed E-state index contributed by atoms with van der Waals surface area (Å²) < 4.78 is 11.0. The molecule has 88 valence electrons. The zero-order valence-corrected chi connectivity index (χ0v) is 9.90. The van der Waals surface area contributed by atoms with Gasteiger partial charge in [-0.25, -0.2) is 0 Å². The first-order chi connectivity index (χ1) is 7.15. The van der Waals surface area contributed by atoms with E-state index in [1.807, 2.05) is 13.0 Å². The maximum absolute atomic E-state index is 10.5. The van der Waals surface area contributed by atoms with Crippen LogP contribution in [0.5, 0.6) is 0 Å². The molecule has 1 N–H and O–H groups in total. The molecule has 0 aromatic carbocycles. The molecule has 0 bridgehead atoms. The van der Waals surface area contributed by atoms with Gasteiger partial charge in [0.2, 0.25) is 0 Å². The minimum Gasteiger partial charge on any atom is -0.495 e. The molecule has 1 heterocycles. The average Bonchev–Trinajstić information content (AvgIpc) is 2.21. The van der Waals surface area contributed by atoms with Crippen molar-refractivity contribution < 1.29 is 14.6 Å². The number of hydrogen-bond acceptors (Lipinski definition) is 3. The normalized spacial score (nSPS) is 35.2. The van der Waals surface area contributed by atoms with E-state index in [1.54, 1.807) is 6.26 Å². The average molecular weight is 214 g/mol. The van der Waals surface area contributed by atoms with Gasteiger partial charge in [-0.05, 0) is 25.8 Å². The predicted octanol–water partition coefficient (Wildman–Crippen LogP) is 2.25. The Morgan fingerprint density at radius 2 is 2.13 bits per heavy atom. The smallest absolute Gasteiger partial charge is 0.131 e. The molecule has 0 fully saturated rings. The van der Waals surface area contributed by atoms with Gasteiger partial charge >= 0.3 is 0 Å². The molecular formula is C12H22O3. The first-order valence-electron chi connectivity index (χ1n) is 5.81. The van der Waals surface area contributed by atoms with Crippen LogP contribution in [0.1, 0.15) is 40.0 Å². The molecule has 1 aliphatic rings. The zero-order valence-electron chi connectivity index (χ0n) is 9.90. The van der Waals surface area contributed by atoms with Crippen molar-refractivity contribution in [1.29, 1.82) is 0 Å². The van der Waals surface area contributed by atoms with E-state index in [9.17, 15) is 5.11 Å². The molecule has 1 rings (SSSR count). The summed E-state index contributed by atoms with van der Waals surface area (Å²) in [6, 6.07) is 0. The first kappa shape index (κ1) is 12.5. The summed E-state index contributed by atoms with van der Waals surface area (Å²) >= 11 is 0. The highest BCUT2D eigenvalue weighted by molar-refractivity contribution is 5.06. The van der Waals surface area contributed by atoms with E-state index in [-0.39, 0.29) is 12.2 Å². The van der Waals surface area contributed by atoms with E-state index in [1.165, 1.54) is 0 Å². The quantitative estimate of drug-likeness (QED) is 0.763. The molecule has 0 saturated heterocycles. The van der Waals surface area contributed by atoms with Gasteiger partial charge < -0.3 is 14.6 Å². The molecule has 0 aromatic heterocycles. The third-order valence-corrected chi connectivity index (χ3v) is 2.88. The van der Waals surface area contributed by atoms with Crippen molar-refractivity contribution in [3.05, 3.63) is 12.3 Å². The van der Waals surface area contributed by atoms with E-state index >= 15 is 0 Å². The lowest BCUT2D eigenvalue weighted by Gasteiger charge is -2.41. The van der Waals surface area contributed by atoms with E-state index in [2.05, 4.69) is 13.8 Å². The van der Waals surface area contributed by atoms with Gasteiger partial charge in [-0.2, -0.15) is 0 Å². The molecule has 0 unspecified atom stereocenters. The van der Waals surface area contributed by atoms with Crippen LogP contribution in [-0.2, 0) is 9.47 Å². The minimum atomic E-state index is -0.876. The van der Waals surface area contributed by atoms with Gasteiger partial charge in [-0.1, -0.05) is 20.3 Å². The Hall–Kier alpha value is -0.540. The summed E-state index contributed by atoms with van der Waals surface area (Å²) in [5, 5.41) is 10.5. The molecule has 3 atom stereocenters. The maximum atomic E-state index is 10.5. The summed E-state index contributed by atoms with van der Waals surface area (Å²) in [5.41, 5.74) is -0.876. The molecule has 3 nitrogen and oxygen atoms in total. The molecule has 0 aliphatic carbocycles. The summed E-state index contributed by atoms with van der Waals surface area (Å²) in [4.78, 5) is 0. The molecular weight excluding hydrogens is 192 g/mol. The highest BCUT2D eigenvalue weighted by atomic mass is 16.5. The molecule has 3 heteroatoms. The Balaban J connectivity index is 2.71. The molecule has 0 aromatic rings. The number of aliphatic hydroxyl groups is 1. The van der Waals surface area contributed by atoms with Crippen LogP contribution in [0.2, 0.25) is 0 Å². The predicted molar refractivity (Wildman–Crippen MR) is 59.6 cm³/mol. The first-order valence-corrected chi connectivity index (χ1v) is 5.81. The van der Waals surface area contributed by atoms with Crippen molar-refractivity contribution in [2.24, 2.45) is 0 Å². The Bertz CT molecular complexity index is 215. The molecule has 0 saturated carbocycles. The highest BCUT2D eigenvalue weighted by Gasteiger charge is 2.43. The lowest BCUT2D eigenvalue weighted by Crippen LogP contribution is -2.53. The van der Waals surface area contributed by atoms with Crippen LogP contribution in [0.4, 0.5) is 0 Å². The molecule has 0 radical (unpaired) electrons. The third kappa shape index (κ3) is 2.73. The van der Waals surface area contributed by atoms with Crippen LogP contribution in [0.15, 0.2) is 12.3 Å². The van der Waals surface area contributed by atoms with Gasteiger partial charge in [0.15, 0.2) is 0 Å². The lowest BCUT2D eigenvalue weighted by atomic mass is 9.85. The zero-order chi connectivity index (χ0) is 11.3. The van der Waals surface area contributed by atoms with Crippen molar-refractivity contribution in [1.82, 2.24) is 0 Å². The van der Waals surface area contributed by atoms with E-state index in [0.717, 1.165) is 12.8 Å². The van der Waals surface area contributed by atoms with Crippen LogP contribution in [0.25, 0.3) is 0 Å². The van der Waals surface area contributed by atoms with Gasteiger partial charge in [0.05, 0.1) is 6.26 Å². The van der Waals surface area contributed by atoms with Gasteiger partial charge in [-0.15, -0.1) is 0 Å². The highest BCUT2D eigenvalue weighted by Crippen LogP contribution is 2.30. The van der Waals surface area contributed by atoms with Crippen LogP contribution in [0, 0.1) is 0 Å². The van der Waals surface area contributed by atoms with Crippen molar-refractivity contribution in [2.45, 2.75) is 57.8 Å². The number of rotatable bonds is 5. The van der Waals surface area contributed by atoms with E-state index in [4.69, 9.17) is 9.47 Å². The van der Waals surface area contributed by atoms with Crippen molar-refractivity contribution in [2.75, 3.05) is 6.61 Å². The van der Waals surface area contributed by atoms with Crippen molar-refractivity contribution in [3.8, 4) is 0 Å². The van der Waals surface area contributed by atoms with Crippen molar-refractivity contribution in [3.63, 3.8) is 0 Å². The maximum Gasteiger partial charge on any atom is 0.131 e. The Kier molecular flexibility index (Phi) is 4.61. The lowest BCUT2D eigenvalue weighted by molar-refractivity contribution is -0.162. The van der Waals surface area contributed by atoms with E-state index < -0.39 is 5.60 Å². The molecule has 1 aliphatic heterocycles. The van der Waals surface area contributed by atoms with Crippen LogP contribution < -0.4 is 0 Å². The topological polar surface area (TPSA) is 38.7 Å². The Labute approximate surface area is 92.1 Å². The number of ether oxygens (including phenoxy) is 2. The molecule has 15 heavy (non-hydrogen) atoms. The van der Waals surface area contributed by atoms with Gasteiger partial charge in [-0.3, -0.25) is 0 Å². The largest absolute Gasteiger partial charge is 0.495 e. The van der Waals surface area contributed by atoms with Crippen LogP contribution >= 0.6 is 0 Å². The van der Waals surface area contributed by atoms with Gasteiger partial charge in [0.1, 0.15) is 17.8 Å². The summed E-state index contributed by atoms with van der Waals surface area (Å²) in [7, 11) is 0.